The van der Waals surface area contributed by atoms with Crippen LogP contribution in [0.4, 0.5) is 0 Å². The average molecular weight is 238 g/mol. The maximum atomic E-state index is 4.41. The summed E-state index contributed by atoms with van der Waals surface area (Å²) in [5, 5.41) is 7.01. The first-order valence-corrected chi connectivity index (χ1v) is 7.29. The van der Waals surface area contributed by atoms with Gasteiger partial charge in [-0.1, -0.05) is 20.3 Å². The zero-order valence-corrected chi connectivity index (χ0v) is 11.1. The van der Waals surface area contributed by atoms with E-state index in [1.807, 2.05) is 6.20 Å². The normalized spacial score (nSPS) is 27.1. The predicted molar refractivity (Wildman–Crippen MR) is 69.8 cm³/mol. The molecule has 0 spiro atoms. The van der Waals surface area contributed by atoms with E-state index in [1.54, 1.807) is 11.3 Å². The first-order valence-electron chi connectivity index (χ1n) is 6.41. The smallest absolute Gasteiger partial charge is 0.0940 e. The highest BCUT2D eigenvalue weighted by atomic mass is 32.1. The van der Waals surface area contributed by atoms with Crippen molar-refractivity contribution in [2.24, 2.45) is 11.8 Å². The molecule has 1 aromatic rings. The summed E-state index contributed by atoms with van der Waals surface area (Å²) in [4.78, 5) is 4.41. The molecule has 1 heterocycles. The van der Waals surface area contributed by atoms with E-state index in [0.717, 1.165) is 24.8 Å². The average Bonchev–Trinajstić information content (AvgIpc) is 2.88. The molecule has 90 valence electrons. The highest BCUT2D eigenvalue weighted by molar-refractivity contribution is 7.09. The summed E-state index contributed by atoms with van der Waals surface area (Å²) >= 11 is 1.79. The van der Waals surface area contributed by atoms with E-state index in [0.29, 0.717) is 6.04 Å². The Labute approximate surface area is 102 Å². The molecule has 0 radical (unpaired) electrons. The molecule has 0 amide bonds. The Bertz CT molecular complexity index is 297. The third kappa shape index (κ3) is 3.05. The molecule has 1 aliphatic carbocycles. The number of likely N-dealkylation sites (N-methyl/N-ethyl adjacent to an activating group) is 1. The number of rotatable bonds is 5. The minimum absolute atomic E-state index is 0.640. The van der Waals surface area contributed by atoms with Crippen molar-refractivity contribution in [2.45, 2.75) is 45.6 Å². The van der Waals surface area contributed by atoms with Crippen molar-refractivity contribution >= 4 is 11.3 Å². The number of thiazole rings is 1. The van der Waals surface area contributed by atoms with E-state index >= 15 is 0 Å². The summed E-state index contributed by atoms with van der Waals surface area (Å²) in [6.45, 7) is 5.65. The number of nitrogens with zero attached hydrogens (tertiary/aromatic N) is 1. The van der Waals surface area contributed by atoms with Crippen LogP contribution in [0.1, 0.15) is 38.1 Å². The molecule has 1 fully saturated rings. The van der Waals surface area contributed by atoms with Gasteiger partial charge in [0.25, 0.3) is 0 Å². The van der Waals surface area contributed by atoms with E-state index in [4.69, 9.17) is 0 Å². The summed E-state index contributed by atoms with van der Waals surface area (Å²) in [5.41, 5.74) is 0. The van der Waals surface area contributed by atoms with Crippen molar-refractivity contribution in [3.8, 4) is 0 Å². The Morgan fingerprint density at radius 2 is 2.44 bits per heavy atom. The van der Waals surface area contributed by atoms with Crippen LogP contribution < -0.4 is 5.32 Å². The lowest BCUT2D eigenvalue weighted by atomic mass is 9.94. The molecule has 0 aliphatic heterocycles. The minimum Gasteiger partial charge on any atom is -0.314 e. The zero-order valence-electron chi connectivity index (χ0n) is 10.3. The molecule has 1 saturated carbocycles. The SMILES string of the molecule is CCNC(Cc1nccs1)C1CCC(C)C1. The summed E-state index contributed by atoms with van der Waals surface area (Å²) in [6, 6.07) is 0.640. The standard InChI is InChI=1S/C13H22N2S/c1-3-14-12(9-13-15-6-7-16-13)11-5-4-10(2)8-11/h6-7,10-12,14H,3-5,8-9H2,1-2H3. The van der Waals surface area contributed by atoms with Crippen LogP contribution >= 0.6 is 11.3 Å². The van der Waals surface area contributed by atoms with Gasteiger partial charge in [-0.3, -0.25) is 0 Å². The molecule has 1 N–H and O–H groups in total. The van der Waals surface area contributed by atoms with Crippen LogP contribution in [-0.4, -0.2) is 17.6 Å². The van der Waals surface area contributed by atoms with Crippen molar-refractivity contribution in [3.05, 3.63) is 16.6 Å². The predicted octanol–water partition coefficient (Wildman–Crippen LogP) is 3.10. The van der Waals surface area contributed by atoms with Crippen LogP contribution in [0.3, 0.4) is 0 Å². The van der Waals surface area contributed by atoms with Crippen molar-refractivity contribution < 1.29 is 0 Å². The molecule has 0 aromatic carbocycles. The van der Waals surface area contributed by atoms with Crippen molar-refractivity contribution in [3.63, 3.8) is 0 Å². The second-order valence-corrected chi connectivity index (χ2v) is 5.95. The van der Waals surface area contributed by atoms with Crippen LogP contribution in [0.15, 0.2) is 11.6 Å². The van der Waals surface area contributed by atoms with Gasteiger partial charge in [0.15, 0.2) is 0 Å². The summed E-state index contributed by atoms with van der Waals surface area (Å²) in [5.74, 6) is 1.78. The van der Waals surface area contributed by atoms with Gasteiger partial charge >= 0.3 is 0 Å². The molecular weight excluding hydrogens is 216 g/mol. The van der Waals surface area contributed by atoms with Gasteiger partial charge in [-0.25, -0.2) is 4.98 Å². The van der Waals surface area contributed by atoms with Gasteiger partial charge < -0.3 is 5.32 Å². The molecule has 2 rings (SSSR count). The van der Waals surface area contributed by atoms with Gasteiger partial charge in [0.1, 0.15) is 0 Å². The Morgan fingerprint density at radius 3 is 3.00 bits per heavy atom. The van der Waals surface area contributed by atoms with Crippen LogP contribution in [0, 0.1) is 11.8 Å². The summed E-state index contributed by atoms with van der Waals surface area (Å²) in [6.07, 6.45) is 7.22. The Balaban J connectivity index is 1.94. The first-order chi connectivity index (χ1) is 7.79. The Hall–Kier alpha value is -0.410. The van der Waals surface area contributed by atoms with Gasteiger partial charge in [-0.15, -0.1) is 11.3 Å². The maximum Gasteiger partial charge on any atom is 0.0940 e. The second-order valence-electron chi connectivity index (χ2n) is 4.97. The lowest BCUT2D eigenvalue weighted by Gasteiger charge is -2.23. The van der Waals surface area contributed by atoms with E-state index in [9.17, 15) is 0 Å². The van der Waals surface area contributed by atoms with Crippen LogP contribution in [-0.2, 0) is 6.42 Å². The third-order valence-electron chi connectivity index (χ3n) is 3.65. The fourth-order valence-corrected chi connectivity index (χ4v) is 3.50. The van der Waals surface area contributed by atoms with Gasteiger partial charge in [-0.2, -0.15) is 0 Å². The lowest BCUT2D eigenvalue weighted by Crippen LogP contribution is -2.37. The van der Waals surface area contributed by atoms with Crippen molar-refractivity contribution in [1.29, 1.82) is 0 Å². The highest BCUT2D eigenvalue weighted by Crippen LogP contribution is 2.33. The molecule has 3 unspecified atom stereocenters. The quantitative estimate of drug-likeness (QED) is 0.852. The van der Waals surface area contributed by atoms with Gasteiger partial charge in [-0.05, 0) is 31.2 Å². The minimum atomic E-state index is 0.640. The second kappa shape index (κ2) is 5.78. The van der Waals surface area contributed by atoms with Crippen molar-refractivity contribution in [1.82, 2.24) is 10.3 Å². The van der Waals surface area contributed by atoms with Gasteiger partial charge in [0.05, 0.1) is 5.01 Å². The molecule has 0 saturated heterocycles. The Kier molecular flexibility index (Phi) is 4.36. The largest absolute Gasteiger partial charge is 0.314 e. The molecular formula is C13H22N2S. The number of nitrogens with one attached hydrogen (secondary N) is 1. The molecule has 2 nitrogen and oxygen atoms in total. The van der Waals surface area contributed by atoms with Crippen molar-refractivity contribution in [2.75, 3.05) is 6.54 Å². The monoisotopic (exact) mass is 238 g/mol. The molecule has 1 aromatic heterocycles. The van der Waals surface area contributed by atoms with Crippen LogP contribution in [0.25, 0.3) is 0 Å². The third-order valence-corrected chi connectivity index (χ3v) is 4.45. The van der Waals surface area contributed by atoms with E-state index in [1.165, 1.54) is 24.3 Å². The fourth-order valence-electron chi connectivity index (χ4n) is 2.83. The van der Waals surface area contributed by atoms with E-state index < -0.39 is 0 Å². The highest BCUT2D eigenvalue weighted by Gasteiger charge is 2.28. The molecule has 16 heavy (non-hydrogen) atoms. The maximum absolute atomic E-state index is 4.41. The number of hydrogen-bond donors (Lipinski definition) is 1. The molecule has 3 heteroatoms. The molecule has 0 bridgehead atoms. The Morgan fingerprint density at radius 1 is 1.56 bits per heavy atom. The van der Waals surface area contributed by atoms with E-state index in [-0.39, 0.29) is 0 Å². The number of aromatic nitrogens is 1. The van der Waals surface area contributed by atoms with Crippen LogP contribution in [0.5, 0.6) is 0 Å². The van der Waals surface area contributed by atoms with Gasteiger partial charge in [0.2, 0.25) is 0 Å². The zero-order chi connectivity index (χ0) is 11.4. The van der Waals surface area contributed by atoms with E-state index in [2.05, 4.69) is 29.5 Å². The number of hydrogen-bond acceptors (Lipinski definition) is 3. The molecule has 1 aliphatic rings. The lowest BCUT2D eigenvalue weighted by molar-refractivity contribution is 0.353. The van der Waals surface area contributed by atoms with Crippen LogP contribution in [0.2, 0.25) is 0 Å². The summed E-state index contributed by atoms with van der Waals surface area (Å²) < 4.78 is 0. The fraction of sp³-hybridized carbons (Fsp3) is 0.769. The van der Waals surface area contributed by atoms with Gasteiger partial charge in [0, 0.05) is 24.0 Å². The topological polar surface area (TPSA) is 24.9 Å². The first kappa shape index (κ1) is 12.1. The summed E-state index contributed by atoms with van der Waals surface area (Å²) in [7, 11) is 0. The molecule has 3 atom stereocenters.